The number of esters is 2. The fourth-order valence-electron chi connectivity index (χ4n) is 2.92. The van der Waals surface area contributed by atoms with Crippen molar-refractivity contribution in [1.29, 1.82) is 0 Å². The van der Waals surface area contributed by atoms with Crippen LogP contribution in [-0.4, -0.2) is 50.2 Å². The van der Waals surface area contributed by atoms with Crippen molar-refractivity contribution in [1.82, 2.24) is 0 Å². The van der Waals surface area contributed by atoms with E-state index < -0.39 is 36.5 Å². The van der Waals surface area contributed by atoms with Crippen LogP contribution in [0.15, 0.2) is 65.8 Å². The molecule has 4 atom stereocenters. The van der Waals surface area contributed by atoms with Gasteiger partial charge in [0.05, 0.1) is 17.7 Å². The van der Waals surface area contributed by atoms with E-state index in [0.29, 0.717) is 11.1 Å². The number of carbonyl (C=O) groups excluding carboxylic acids is 2. The van der Waals surface area contributed by atoms with Gasteiger partial charge >= 0.3 is 11.9 Å². The fourth-order valence-corrected chi connectivity index (χ4v) is 2.92. The Labute approximate surface area is 166 Å². The summed E-state index contributed by atoms with van der Waals surface area (Å²) in [5.74, 6) is -1.30. The lowest BCUT2D eigenvalue weighted by atomic mass is 10.0. The first-order valence-corrected chi connectivity index (χ1v) is 8.84. The largest absolute Gasteiger partial charge is 0.454 e. The molecule has 0 N–H and O–H groups in total. The van der Waals surface area contributed by atoms with E-state index in [-0.39, 0.29) is 6.61 Å². The molecule has 1 saturated heterocycles. The number of ether oxygens (including phenoxy) is 4. The topological polar surface area (TPSA) is 120 Å². The molecular weight excluding hydrogens is 378 g/mol. The van der Waals surface area contributed by atoms with Crippen molar-refractivity contribution in [3.05, 3.63) is 82.2 Å². The first-order valence-electron chi connectivity index (χ1n) is 8.84. The van der Waals surface area contributed by atoms with E-state index in [1.807, 2.05) is 0 Å². The second-order valence-corrected chi connectivity index (χ2v) is 6.18. The Balaban J connectivity index is 1.87. The maximum atomic E-state index is 12.6. The summed E-state index contributed by atoms with van der Waals surface area (Å²) in [5.41, 5.74) is 9.49. The molecule has 2 aromatic rings. The van der Waals surface area contributed by atoms with Gasteiger partial charge in [0.15, 0.2) is 18.5 Å². The zero-order valence-electron chi connectivity index (χ0n) is 15.6. The third-order valence-corrected chi connectivity index (χ3v) is 4.34. The number of benzene rings is 2. The average Bonchev–Trinajstić information content (AvgIpc) is 2.77. The highest BCUT2D eigenvalue weighted by Crippen LogP contribution is 2.26. The number of nitrogens with zero attached hydrogens (tertiary/aromatic N) is 3. The smallest absolute Gasteiger partial charge is 0.338 e. The van der Waals surface area contributed by atoms with E-state index in [1.165, 1.54) is 7.11 Å². The first kappa shape index (κ1) is 20.3. The summed E-state index contributed by atoms with van der Waals surface area (Å²) in [6.45, 7) is -0.0608. The molecule has 0 spiro atoms. The zero-order chi connectivity index (χ0) is 20.6. The number of rotatable bonds is 6. The lowest BCUT2D eigenvalue weighted by Gasteiger charge is -2.39. The fraction of sp³-hybridized carbons (Fsp3) is 0.300. The van der Waals surface area contributed by atoms with Crippen molar-refractivity contribution in [2.45, 2.75) is 24.5 Å². The standard InChI is InChI=1S/C20H19N3O6/c1-26-20-17(29-19(25)14-10-6-3-7-11-14)16(15(12-27-20)22-23-21)28-18(24)13-8-4-2-5-9-13/h2-11,15-17,20H,12H2,1H3/t15-,16-,17+,20-/m1/s1. The molecule has 1 heterocycles. The highest BCUT2D eigenvalue weighted by Gasteiger charge is 2.46. The molecule has 3 rings (SSSR count). The summed E-state index contributed by atoms with van der Waals surface area (Å²) in [4.78, 5) is 27.9. The van der Waals surface area contributed by atoms with E-state index >= 15 is 0 Å². The molecule has 0 unspecified atom stereocenters. The van der Waals surface area contributed by atoms with Crippen LogP contribution in [0.5, 0.6) is 0 Å². The number of azide groups is 1. The predicted molar refractivity (Wildman–Crippen MR) is 101 cm³/mol. The van der Waals surface area contributed by atoms with Gasteiger partial charge in [0.2, 0.25) is 0 Å². The van der Waals surface area contributed by atoms with E-state index in [0.717, 1.165) is 0 Å². The molecule has 2 aromatic carbocycles. The van der Waals surface area contributed by atoms with Crippen LogP contribution in [0.25, 0.3) is 10.4 Å². The van der Waals surface area contributed by atoms with Gasteiger partial charge in [-0.3, -0.25) is 0 Å². The van der Waals surface area contributed by atoms with Crippen molar-refractivity contribution in [3.8, 4) is 0 Å². The van der Waals surface area contributed by atoms with Crippen LogP contribution in [-0.2, 0) is 18.9 Å². The molecule has 29 heavy (non-hydrogen) atoms. The van der Waals surface area contributed by atoms with Crippen LogP contribution in [0, 0.1) is 0 Å². The average molecular weight is 397 g/mol. The van der Waals surface area contributed by atoms with Crippen molar-refractivity contribution >= 4 is 11.9 Å². The zero-order valence-corrected chi connectivity index (χ0v) is 15.6. The van der Waals surface area contributed by atoms with E-state index in [4.69, 9.17) is 24.5 Å². The minimum absolute atomic E-state index is 0.0608. The Morgan fingerprint density at radius 2 is 1.48 bits per heavy atom. The molecule has 0 aliphatic carbocycles. The minimum Gasteiger partial charge on any atom is -0.454 e. The molecular formula is C20H19N3O6. The number of methoxy groups -OCH3 is 1. The summed E-state index contributed by atoms with van der Waals surface area (Å²) in [7, 11) is 1.37. The molecule has 1 fully saturated rings. The van der Waals surface area contributed by atoms with Gasteiger partial charge in [0.1, 0.15) is 6.04 Å². The first-order chi connectivity index (χ1) is 14.1. The number of hydrogen-bond donors (Lipinski definition) is 0. The van der Waals surface area contributed by atoms with Crippen LogP contribution in [0.2, 0.25) is 0 Å². The molecule has 0 saturated carbocycles. The maximum Gasteiger partial charge on any atom is 0.338 e. The summed E-state index contributed by atoms with van der Waals surface area (Å²) >= 11 is 0. The van der Waals surface area contributed by atoms with Gasteiger partial charge in [0, 0.05) is 12.0 Å². The lowest BCUT2D eigenvalue weighted by molar-refractivity contribution is -0.237. The van der Waals surface area contributed by atoms with Gasteiger partial charge < -0.3 is 18.9 Å². The van der Waals surface area contributed by atoms with Gasteiger partial charge in [0.25, 0.3) is 0 Å². The summed E-state index contributed by atoms with van der Waals surface area (Å²) in [6.07, 6.45) is -3.23. The highest BCUT2D eigenvalue weighted by molar-refractivity contribution is 5.90. The second kappa shape index (κ2) is 9.70. The van der Waals surface area contributed by atoms with Crippen LogP contribution in [0.4, 0.5) is 0 Å². The van der Waals surface area contributed by atoms with Crippen molar-refractivity contribution < 1.29 is 28.5 Å². The summed E-state index contributed by atoms with van der Waals surface area (Å²) < 4.78 is 21.9. The van der Waals surface area contributed by atoms with E-state index in [9.17, 15) is 9.59 Å². The maximum absolute atomic E-state index is 12.6. The van der Waals surface area contributed by atoms with Gasteiger partial charge in [-0.1, -0.05) is 41.5 Å². The predicted octanol–water partition coefficient (Wildman–Crippen LogP) is 3.12. The summed E-state index contributed by atoms with van der Waals surface area (Å²) in [5, 5.41) is 3.64. The normalized spacial score (nSPS) is 23.5. The third-order valence-electron chi connectivity index (χ3n) is 4.34. The number of hydrogen-bond acceptors (Lipinski definition) is 7. The molecule has 9 heteroatoms. The monoisotopic (exact) mass is 397 g/mol. The minimum atomic E-state index is -1.13. The van der Waals surface area contributed by atoms with Crippen LogP contribution in [0.3, 0.4) is 0 Å². The Morgan fingerprint density at radius 3 is 1.97 bits per heavy atom. The molecule has 0 radical (unpaired) electrons. The molecule has 0 bridgehead atoms. The third kappa shape index (κ3) is 4.91. The Kier molecular flexibility index (Phi) is 6.80. The molecule has 150 valence electrons. The molecule has 0 aromatic heterocycles. The number of carbonyl (C=O) groups is 2. The second-order valence-electron chi connectivity index (χ2n) is 6.18. The molecule has 1 aliphatic heterocycles. The van der Waals surface area contributed by atoms with Gasteiger partial charge in [-0.2, -0.15) is 0 Å². The van der Waals surface area contributed by atoms with Crippen LogP contribution < -0.4 is 0 Å². The Bertz CT molecular complexity index is 886. The summed E-state index contributed by atoms with van der Waals surface area (Å²) in [6, 6.07) is 15.7. The van der Waals surface area contributed by atoms with Gasteiger partial charge in [-0.05, 0) is 29.8 Å². The molecule has 9 nitrogen and oxygen atoms in total. The van der Waals surface area contributed by atoms with E-state index in [1.54, 1.807) is 60.7 Å². The van der Waals surface area contributed by atoms with E-state index in [2.05, 4.69) is 10.0 Å². The van der Waals surface area contributed by atoms with Crippen LogP contribution >= 0.6 is 0 Å². The lowest BCUT2D eigenvalue weighted by Crippen LogP contribution is -2.56. The van der Waals surface area contributed by atoms with Crippen molar-refractivity contribution in [2.24, 2.45) is 5.11 Å². The van der Waals surface area contributed by atoms with Crippen molar-refractivity contribution in [2.75, 3.05) is 13.7 Å². The Morgan fingerprint density at radius 1 is 0.966 bits per heavy atom. The molecule has 0 amide bonds. The van der Waals surface area contributed by atoms with Crippen molar-refractivity contribution in [3.63, 3.8) is 0 Å². The van der Waals surface area contributed by atoms with Crippen LogP contribution in [0.1, 0.15) is 20.7 Å². The van der Waals surface area contributed by atoms with Gasteiger partial charge in [-0.15, -0.1) is 0 Å². The Hall–Kier alpha value is -3.39. The molecule has 1 aliphatic rings. The SMILES string of the molecule is CO[C@@H]1OC[C@@H](N=[N+]=[N-])[C@@H](OC(=O)c2ccccc2)[C@@H]1OC(=O)c1ccccc1. The van der Waals surface area contributed by atoms with Gasteiger partial charge in [-0.25, -0.2) is 9.59 Å². The highest BCUT2D eigenvalue weighted by atomic mass is 16.7. The quantitative estimate of drug-likeness (QED) is 0.320.